The first-order chi connectivity index (χ1) is 14.7. The van der Waals surface area contributed by atoms with E-state index in [-0.39, 0.29) is 6.61 Å². The third-order valence-electron chi connectivity index (χ3n) is 5.33. The molecule has 1 aromatic heterocycles. The number of rotatable bonds is 6. The zero-order chi connectivity index (χ0) is 21.1. The molecule has 0 radical (unpaired) electrons. The Hall–Kier alpha value is -3.69. The maximum atomic E-state index is 9.94. The molecule has 2 aromatic carbocycles. The van der Waals surface area contributed by atoms with Gasteiger partial charge >= 0.3 is 0 Å². The lowest BCUT2D eigenvalue weighted by Crippen LogP contribution is -2.23. The molecular formula is C24H21N3O3. The number of aliphatic hydroxyl groups excluding tert-OH is 1. The van der Waals surface area contributed by atoms with Gasteiger partial charge in [-0.1, -0.05) is 30.3 Å². The van der Waals surface area contributed by atoms with Crippen molar-refractivity contribution in [2.24, 2.45) is 4.99 Å². The summed E-state index contributed by atoms with van der Waals surface area (Å²) in [5.41, 5.74) is 2.69. The summed E-state index contributed by atoms with van der Waals surface area (Å²) < 4.78 is 11.0. The van der Waals surface area contributed by atoms with E-state index in [1.165, 1.54) is 0 Å². The number of benzene rings is 2. The van der Waals surface area contributed by atoms with Crippen molar-refractivity contribution in [1.29, 1.82) is 5.26 Å². The second kappa shape index (κ2) is 7.97. The second-order valence-corrected chi connectivity index (χ2v) is 6.94. The molecule has 0 saturated heterocycles. The summed E-state index contributed by atoms with van der Waals surface area (Å²) >= 11 is 0. The van der Waals surface area contributed by atoms with Crippen molar-refractivity contribution < 1.29 is 14.6 Å². The van der Waals surface area contributed by atoms with E-state index in [0.29, 0.717) is 29.0 Å². The van der Waals surface area contributed by atoms with E-state index in [9.17, 15) is 10.4 Å². The maximum absolute atomic E-state index is 9.94. The minimum Gasteiger partial charge on any atom is -0.493 e. The lowest BCUT2D eigenvalue weighted by molar-refractivity contribution is 0.301. The van der Waals surface area contributed by atoms with Crippen molar-refractivity contribution in [2.45, 2.75) is 12.0 Å². The number of hydrogen-bond acceptors (Lipinski definition) is 6. The fourth-order valence-corrected chi connectivity index (χ4v) is 4.00. The van der Waals surface area contributed by atoms with E-state index < -0.39 is 5.54 Å². The largest absolute Gasteiger partial charge is 0.493 e. The Kier molecular flexibility index (Phi) is 5.21. The Morgan fingerprint density at radius 1 is 1.10 bits per heavy atom. The number of aliphatic hydroxyl groups is 1. The van der Waals surface area contributed by atoms with Gasteiger partial charge < -0.3 is 14.6 Å². The number of methoxy groups -OCH3 is 2. The average Bonchev–Trinajstić information content (AvgIpc) is 3.22. The summed E-state index contributed by atoms with van der Waals surface area (Å²) in [5.74, 6) is 1.07. The normalized spacial score (nSPS) is 17.6. The third kappa shape index (κ3) is 3.00. The van der Waals surface area contributed by atoms with Crippen molar-refractivity contribution in [1.82, 2.24) is 4.98 Å². The molecule has 0 saturated carbocycles. The molecule has 1 aliphatic rings. The van der Waals surface area contributed by atoms with Gasteiger partial charge in [-0.2, -0.15) is 5.26 Å². The standard InChI is InChI=1S/C24H21N3O3/c1-29-20-9-8-19-21(17(13-25)15-26-22(19)23(20)30-2)24(18-6-4-3-5-7-18)12-16(10-11-28)14-27-24/h3-9,12,14-15,28H,10-11H2,1-2H3. The molecule has 1 atom stereocenters. The monoisotopic (exact) mass is 399 g/mol. The summed E-state index contributed by atoms with van der Waals surface area (Å²) in [4.78, 5) is 9.39. The zero-order valence-corrected chi connectivity index (χ0v) is 16.8. The number of aromatic nitrogens is 1. The predicted octanol–water partition coefficient (Wildman–Crippen LogP) is 3.76. The number of ether oxygens (including phenoxy) is 2. The summed E-state index contributed by atoms with van der Waals surface area (Å²) in [6, 6.07) is 15.8. The maximum Gasteiger partial charge on any atom is 0.187 e. The van der Waals surface area contributed by atoms with Crippen molar-refractivity contribution in [3.63, 3.8) is 0 Å². The van der Waals surface area contributed by atoms with E-state index in [0.717, 1.165) is 22.1 Å². The Balaban J connectivity index is 2.11. The predicted molar refractivity (Wildman–Crippen MR) is 115 cm³/mol. The Morgan fingerprint density at radius 2 is 1.90 bits per heavy atom. The lowest BCUT2D eigenvalue weighted by atomic mass is 9.79. The molecule has 1 aliphatic heterocycles. The molecular weight excluding hydrogens is 378 g/mol. The summed E-state index contributed by atoms with van der Waals surface area (Å²) in [6.07, 6.45) is 5.83. The molecule has 1 N–H and O–H groups in total. The molecule has 4 rings (SSSR count). The Labute approximate surface area is 174 Å². The fraction of sp³-hybridized carbons (Fsp3) is 0.208. The van der Waals surface area contributed by atoms with Crippen LogP contribution < -0.4 is 9.47 Å². The van der Waals surface area contributed by atoms with Gasteiger partial charge in [0, 0.05) is 30.0 Å². The number of aliphatic imine (C=N–C) groups is 1. The van der Waals surface area contributed by atoms with Gasteiger partial charge in [0.1, 0.15) is 17.1 Å². The van der Waals surface area contributed by atoms with Crippen LogP contribution in [0.3, 0.4) is 0 Å². The van der Waals surface area contributed by atoms with Gasteiger partial charge in [0.05, 0.1) is 19.8 Å². The van der Waals surface area contributed by atoms with Crippen molar-refractivity contribution in [3.8, 4) is 17.6 Å². The van der Waals surface area contributed by atoms with Gasteiger partial charge in [0.2, 0.25) is 0 Å². The van der Waals surface area contributed by atoms with Gasteiger partial charge in [-0.3, -0.25) is 9.98 Å². The Morgan fingerprint density at radius 3 is 2.57 bits per heavy atom. The molecule has 0 aliphatic carbocycles. The molecule has 0 amide bonds. The van der Waals surface area contributed by atoms with Gasteiger partial charge in [-0.15, -0.1) is 0 Å². The SMILES string of the molecule is COc1ccc2c(C3(c4ccccc4)C=C(CCO)C=N3)c(C#N)cnc2c1OC. The first kappa shape index (κ1) is 19.6. The van der Waals surface area contributed by atoms with Crippen LogP contribution in [0.15, 0.2) is 65.3 Å². The van der Waals surface area contributed by atoms with Crippen LogP contribution in [0.2, 0.25) is 0 Å². The molecule has 0 fully saturated rings. The van der Waals surface area contributed by atoms with Crippen LogP contribution in [0, 0.1) is 11.3 Å². The van der Waals surface area contributed by atoms with Crippen LogP contribution in [-0.2, 0) is 5.54 Å². The molecule has 1 unspecified atom stereocenters. The number of pyridine rings is 1. The van der Waals surface area contributed by atoms with E-state index in [1.54, 1.807) is 26.6 Å². The van der Waals surface area contributed by atoms with Gasteiger partial charge in [0.15, 0.2) is 11.5 Å². The number of nitriles is 1. The topological polar surface area (TPSA) is 87.7 Å². The van der Waals surface area contributed by atoms with E-state index in [4.69, 9.17) is 14.5 Å². The van der Waals surface area contributed by atoms with Crippen LogP contribution in [-0.4, -0.2) is 37.1 Å². The molecule has 2 heterocycles. The van der Waals surface area contributed by atoms with E-state index in [1.807, 2.05) is 48.5 Å². The van der Waals surface area contributed by atoms with Gasteiger partial charge in [-0.05, 0) is 35.8 Å². The molecule has 30 heavy (non-hydrogen) atoms. The summed E-state index contributed by atoms with van der Waals surface area (Å²) in [5, 5.41) is 20.1. The average molecular weight is 399 g/mol. The minimum atomic E-state index is -0.905. The van der Waals surface area contributed by atoms with Crippen molar-refractivity contribution in [3.05, 3.63) is 77.0 Å². The van der Waals surface area contributed by atoms with Gasteiger partial charge in [-0.25, -0.2) is 0 Å². The van der Waals surface area contributed by atoms with E-state index >= 15 is 0 Å². The van der Waals surface area contributed by atoms with Crippen molar-refractivity contribution >= 4 is 17.1 Å². The first-order valence-electron chi connectivity index (χ1n) is 9.56. The molecule has 6 nitrogen and oxygen atoms in total. The van der Waals surface area contributed by atoms with Crippen LogP contribution in [0.25, 0.3) is 10.9 Å². The number of hydrogen-bond donors (Lipinski definition) is 1. The molecule has 6 heteroatoms. The zero-order valence-electron chi connectivity index (χ0n) is 16.8. The molecule has 0 spiro atoms. The summed E-state index contributed by atoms with van der Waals surface area (Å²) in [6.45, 7) is 0.0238. The lowest BCUT2D eigenvalue weighted by Gasteiger charge is -2.28. The van der Waals surface area contributed by atoms with Gasteiger partial charge in [0.25, 0.3) is 0 Å². The smallest absolute Gasteiger partial charge is 0.187 e. The number of fused-ring (bicyclic) bond motifs is 1. The number of nitrogens with zero attached hydrogens (tertiary/aromatic N) is 3. The summed E-state index contributed by atoms with van der Waals surface area (Å²) in [7, 11) is 3.14. The van der Waals surface area contributed by atoms with Crippen LogP contribution in [0.4, 0.5) is 0 Å². The molecule has 0 bridgehead atoms. The first-order valence-corrected chi connectivity index (χ1v) is 9.56. The van der Waals surface area contributed by atoms with Crippen molar-refractivity contribution in [2.75, 3.05) is 20.8 Å². The third-order valence-corrected chi connectivity index (χ3v) is 5.33. The van der Waals surface area contributed by atoms with Crippen LogP contribution >= 0.6 is 0 Å². The molecule has 150 valence electrons. The van der Waals surface area contributed by atoms with Crippen LogP contribution in [0.1, 0.15) is 23.1 Å². The quantitative estimate of drug-likeness (QED) is 0.682. The second-order valence-electron chi connectivity index (χ2n) is 6.94. The highest BCUT2D eigenvalue weighted by Gasteiger charge is 2.38. The van der Waals surface area contributed by atoms with Crippen LogP contribution in [0.5, 0.6) is 11.5 Å². The van der Waals surface area contributed by atoms with E-state index in [2.05, 4.69) is 11.1 Å². The Bertz CT molecular complexity index is 1200. The highest BCUT2D eigenvalue weighted by Crippen LogP contribution is 2.46. The highest BCUT2D eigenvalue weighted by molar-refractivity contribution is 5.94. The highest BCUT2D eigenvalue weighted by atomic mass is 16.5. The molecule has 3 aromatic rings. The fourth-order valence-electron chi connectivity index (χ4n) is 4.00. The minimum absolute atomic E-state index is 0.0238.